The number of allylic oxidation sites excluding steroid dienone is 2. The molecule has 200 valence electrons. The third kappa shape index (κ3) is 4.48. The van der Waals surface area contributed by atoms with E-state index < -0.39 is 35.5 Å². The van der Waals surface area contributed by atoms with Crippen LogP contribution in [-0.4, -0.2) is 39.1 Å². The number of hydrogen-bond acceptors (Lipinski definition) is 9. The maximum atomic E-state index is 14.5. The molecule has 3 aromatic rings. The fraction of sp³-hybridized carbons (Fsp3) is 0.233. The van der Waals surface area contributed by atoms with Crippen LogP contribution in [0.1, 0.15) is 28.7 Å². The Labute approximate surface area is 230 Å². The van der Waals surface area contributed by atoms with Crippen molar-refractivity contribution >= 4 is 34.7 Å². The van der Waals surface area contributed by atoms with Gasteiger partial charge in [0.15, 0.2) is 5.78 Å². The van der Waals surface area contributed by atoms with Crippen molar-refractivity contribution in [3.63, 3.8) is 0 Å². The highest BCUT2D eigenvalue weighted by Crippen LogP contribution is 2.52. The normalized spacial score (nSPS) is 20.9. The van der Waals surface area contributed by atoms with E-state index in [4.69, 9.17) is 19.9 Å². The summed E-state index contributed by atoms with van der Waals surface area (Å²) in [5, 5.41) is 1.87. The van der Waals surface area contributed by atoms with Gasteiger partial charge in [-0.3, -0.25) is 14.5 Å². The first kappa shape index (κ1) is 26.2. The summed E-state index contributed by atoms with van der Waals surface area (Å²) in [5.74, 6) is -3.27. The summed E-state index contributed by atoms with van der Waals surface area (Å²) in [6.45, 7) is 0. The predicted octanol–water partition coefficient (Wildman–Crippen LogP) is 4.50. The van der Waals surface area contributed by atoms with Crippen molar-refractivity contribution in [3.05, 3.63) is 105 Å². The fourth-order valence-electron chi connectivity index (χ4n) is 5.51. The molecule has 1 aliphatic heterocycles. The van der Waals surface area contributed by atoms with Crippen molar-refractivity contribution in [2.24, 2.45) is 11.7 Å². The summed E-state index contributed by atoms with van der Waals surface area (Å²) in [4.78, 5) is 43.4. The molecule has 1 aliphatic carbocycles. The minimum atomic E-state index is -1.11. The van der Waals surface area contributed by atoms with Crippen LogP contribution in [0.25, 0.3) is 0 Å². The number of nitrogens with zero attached hydrogens (tertiary/aromatic N) is 1. The molecule has 0 bridgehead atoms. The van der Waals surface area contributed by atoms with E-state index >= 15 is 0 Å². The van der Waals surface area contributed by atoms with Gasteiger partial charge in [-0.05, 0) is 47.7 Å². The Morgan fingerprint density at radius 1 is 0.949 bits per heavy atom. The lowest BCUT2D eigenvalue weighted by molar-refractivity contribution is -0.150. The maximum Gasteiger partial charge on any atom is 0.338 e. The van der Waals surface area contributed by atoms with Crippen molar-refractivity contribution < 1.29 is 28.6 Å². The molecule has 0 amide bonds. The second-order valence-corrected chi connectivity index (χ2v) is 10.2. The average molecular weight is 545 g/mol. The molecule has 2 N–H and O–H groups in total. The van der Waals surface area contributed by atoms with Gasteiger partial charge in [-0.1, -0.05) is 36.4 Å². The number of esters is 2. The molecule has 0 spiro atoms. The number of nitrogens with two attached hydrogens (primary N) is 1. The van der Waals surface area contributed by atoms with Crippen molar-refractivity contribution in [1.82, 2.24) is 0 Å². The van der Waals surface area contributed by atoms with E-state index in [0.717, 1.165) is 10.4 Å². The fourth-order valence-corrected chi connectivity index (χ4v) is 6.35. The third-order valence-electron chi connectivity index (χ3n) is 7.29. The highest BCUT2D eigenvalue weighted by atomic mass is 32.1. The Hall–Kier alpha value is -4.37. The number of ketones is 1. The Bertz CT molecular complexity index is 1460. The molecule has 0 unspecified atom stereocenters. The van der Waals surface area contributed by atoms with Crippen LogP contribution in [0, 0.1) is 5.92 Å². The number of carbonyl (C=O) groups is 3. The standard InChI is InChI=1S/C30H28N2O6S/c1-36-19-13-11-17(12-14-19)20-16-21-24(27(33)23(20)29(34)37-2)25(22-10-7-15-39-22)26(30(35)38-3)28(31)32(21)18-8-5-4-6-9-18/h4-15,20,23,25H,16,31H2,1-3H3/t20-,23-,25-/m1/s1. The van der Waals surface area contributed by atoms with Gasteiger partial charge in [-0.2, -0.15) is 0 Å². The number of carbonyl (C=O) groups excluding carboxylic acids is 3. The molecule has 0 fully saturated rings. The topological polar surface area (TPSA) is 108 Å². The number of para-hydroxylation sites is 1. The first-order chi connectivity index (χ1) is 18.9. The molecule has 0 radical (unpaired) electrons. The van der Waals surface area contributed by atoms with Crippen LogP contribution in [0.2, 0.25) is 0 Å². The largest absolute Gasteiger partial charge is 0.497 e. The maximum absolute atomic E-state index is 14.5. The number of methoxy groups -OCH3 is 3. The van der Waals surface area contributed by atoms with Crippen LogP contribution in [-0.2, 0) is 23.9 Å². The summed E-state index contributed by atoms with van der Waals surface area (Å²) < 4.78 is 15.6. The molecule has 2 aliphatic rings. The van der Waals surface area contributed by atoms with Gasteiger partial charge in [0.1, 0.15) is 17.5 Å². The second kappa shape index (κ2) is 10.8. The van der Waals surface area contributed by atoms with Crippen molar-refractivity contribution in [2.75, 3.05) is 26.2 Å². The Balaban J connectivity index is 1.78. The van der Waals surface area contributed by atoms with Gasteiger partial charge in [0.05, 0.1) is 32.8 Å². The highest BCUT2D eigenvalue weighted by molar-refractivity contribution is 7.10. The zero-order chi connectivity index (χ0) is 27.7. The van der Waals surface area contributed by atoms with E-state index in [1.807, 2.05) is 60.0 Å². The van der Waals surface area contributed by atoms with Gasteiger partial charge < -0.3 is 19.9 Å². The molecular weight excluding hydrogens is 516 g/mol. The number of hydrogen-bond donors (Lipinski definition) is 1. The van der Waals surface area contributed by atoms with Crippen molar-refractivity contribution in [3.8, 4) is 5.75 Å². The second-order valence-electron chi connectivity index (χ2n) is 9.22. The molecule has 0 saturated heterocycles. The van der Waals surface area contributed by atoms with Gasteiger partial charge in [0.25, 0.3) is 0 Å². The highest BCUT2D eigenvalue weighted by Gasteiger charge is 2.51. The molecule has 0 saturated carbocycles. The third-order valence-corrected chi connectivity index (χ3v) is 8.22. The van der Waals surface area contributed by atoms with Gasteiger partial charge in [0, 0.05) is 27.8 Å². The molecular formula is C30H28N2O6S. The monoisotopic (exact) mass is 544 g/mol. The number of Topliss-reactive ketones (excluding diaryl/α,β-unsaturated/α-hetero) is 1. The molecule has 1 aromatic heterocycles. The molecule has 9 heteroatoms. The summed E-state index contributed by atoms with van der Waals surface area (Å²) in [6.07, 6.45) is 0.305. The predicted molar refractivity (Wildman–Crippen MR) is 147 cm³/mol. The molecule has 2 aromatic carbocycles. The molecule has 2 heterocycles. The van der Waals surface area contributed by atoms with Crippen LogP contribution >= 0.6 is 11.3 Å². The SMILES string of the molecule is COC(=O)C1=C(N)N(c2ccccc2)C2=C(C(=O)[C@H](C(=O)OC)[C@@H](c3ccc(OC)cc3)C2)[C@H]1c1cccs1. The summed E-state index contributed by atoms with van der Waals surface area (Å²) in [7, 11) is 4.13. The molecule has 3 atom stereocenters. The van der Waals surface area contributed by atoms with E-state index in [0.29, 0.717) is 29.1 Å². The Morgan fingerprint density at radius 3 is 2.26 bits per heavy atom. The smallest absolute Gasteiger partial charge is 0.338 e. The van der Waals surface area contributed by atoms with Crippen LogP contribution < -0.4 is 15.4 Å². The molecule has 8 nitrogen and oxygen atoms in total. The lowest BCUT2D eigenvalue weighted by Crippen LogP contribution is -2.46. The van der Waals surface area contributed by atoms with Crippen molar-refractivity contribution in [2.45, 2.75) is 18.3 Å². The number of benzene rings is 2. The number of ether oxygens (including phenoxy) is 3. The summed E-state index contributed by atoms with van der Waals surface area (Å²) in [6, 6.07) is 20.3. The van der Waals surface area contributed by atoms with Crippen LogP contribution in [0.5, 0.6) is 5.75 Å². The van der Waals surface area contributed by atoms with Gasteiger partial charge in [0.2, 0.25) is 0 Å². The first-order valence-corrected chi connectivity index (χ1v) is 13.2. The first-order valence-electron chi connectivity index (χ1n) is 12.4. The van der Waals surface area contributed by atoms with E-state index in [1.165, 1.54) is 25.6 Å². The Morgan fingerprint density at radius 2 is 1.67 bits per heavy atom. The lowest BCUT2D eigenvalue weighted by Gasteiger charge is -2.43. The lowest BCUT2D eigenvalue weighted by atomic mass is 9.68. The van der Waals surface area contributed by atoms with Crippen LogP contribution in [0.3, 0.4) is 0 Å². The summed E-state index contributed by atoms with van der Waals surface area (Å²) in [5.41, 5.74) is 9.38. The quantitative estimate of drug-likeness (QED) is 0.357. The average Bonchev–Trinajstić information content (AvgIpc) is 3.51. The van der Waals surface area contributed by atoms with Gasteiger partial charge in [-0.25, -0.2) is 4.79 Å². The van der Waals surface area contributed by atoms with Crippen molar-refractivity contribution in [1.29, 1.82) is 0 Å². The molecule has 39 heavy (non-hydrogen) atoms. The van der Waals surface area contributed by atoms with E-state index in [9.17, 15) is 14.4 Å². The minimum Gasteiger partial charge on any atom is -0.497 e. The zero-order valence-electron chi connectivity index (χ0n) is 21.7. The van der Waals surface area contributed by atoms with Crippen LogP contribution in [0.4, 0.5) is 5.69 Å². The van der Waals surface area contributed by atoms with Crippen LogP contribution in [0.15, 0.2) is 94.8 Å². The zero-order valence-corrected chi connectivity index (χ0v) is 22.6. The molecule has 5 rings (SSSR count). The van der Waals surface area contributed by atoms with Gasteiger partial charge >= 0.3 is 11.9 Å². The number of anilines is 1. The van der Waals surface area contributed by atoms with E-state index in [1.54, 1.807) is 24.1 Å². The van der Waals surface area contributed by atoms with Gasteiger partial charge in [-0.15, -0.1) is 11.3 Å². The number of rotatable bonds is 6. The van der Waals surface area contributed by atoms with E-state index in [2.05, 4.69) is 0 Å². The van der Waals surface area contributed by atoms with E-state index in [-0.39, 0.29) is 11.4 Å². The Kier molecular flexibility index (Phi) is 7.26. The summed E-state index contributed by atoms with van der Waals surface area (Å²) >= 11 is 1.40. The minimum absolute atomic E-state index is 0.155. The number of thiophene rings is 1.